The third-order valence-electron chi connectivity index (χ3n) is 4.18. The second-order valence-electron chi connectivity index (χ2n) is 6.11. The summed E-state index contributed by atoms with van der Waals surface area (Å²) in [6.07, 6.45) is 0.796. The van der Waals surface area contributed by atoms with E-state index in [0.717, 1.165) is 23.3 Å². The summed E-state index contributed by atoms with van der Waals surface area (Å²) < 4.78 is 5.54. The average molecular weight is 308 g/mol. The lowest BCUT2D eigenvalue weighted by atomic mass is 9.88. The summed E-state index contributed by atoms with van der Waals surface area (Å²) >= 11 is 0. The van der Waals surface area contributed by atoms with Gasteiger partial charge >= 0.3 is 0 Å². The van der Waals surface area contributed by atoms with Crippen LogP contribution in [0.25, 0.3) is 0 Å². The van der Waals surface area contributed by atoms with Gasteiger partial charge in [-0.2, -0.15) is 5.26 Å². The molecule has 2 aromatic carbocycles. The minimum absolute atomic E-state index is 0.164. The molecule has 23 heavy (non-hydrogen) atoms. The van der Waals surface area contributed by atoms with E-state index in [4.69, 9.17) is 15.7 Å². The van der Waals surface area contributed by atoms with Crippen LogP contribution in [0.15, 0.2) is 42.5 Å². The Kier molecular flexibility index (Phi) is 5.78. The molecule has 1 atom stereocenters. The van der Waals surface area contributed by atoms with Gasteiger partial charge in [-0.15, -0.1) is 0 Å². The Labute approximate surface area is 138 Å². The van der Waals surface area contributed by atoms with Gasteiger partial charge in [0.05, 0.1) is 18.7 Å². The Hall–Kier alpha value is -2.31. The van der Waals surface area contributed by atoms with Crippen molar-refractivity contribution < 1.29 is 4.74 Å². The van der Waals surface area contributed by atoms with Gasteiger partial charge in [0.25, 0.3) is 0 Å². The molecule has 0 spiro atoms. The quantitative estimate of drug-likeness (QED) is 0.878. The van der Waals surface area contributed by atoms with Gasteiger partial charge in [0.15, 0.2) is 0 Å². The first-order valence-corrected chi connectivity index (χ1v) is 7.96. The molecule has 0 radical (unpaired) electrons. The van der Waals surface area contributed by atoms with E-state index in [1.54, 1.807) is 7.11 Å². The zero-order valence-electron chi connectivity index (χ0n) is 14.0. The summed E-state index contributed by atoms with van der Waals surface area (Å²) in [6.45, 7) is 4.90. The van der Waals surface area contributed by atoms with Crippen molar-refractivity contribution in [2.75, 3.05) is 13.7 Å². The lowest BCUT2D eigenvalue weighted by molar-refractivity contribution is 0.405. The molecule has 1 unspecified atom stereocenters. The van der Waals surface area contributed by atoms with E-state index in [9.17, 15) is 0 Å². The number of hydrogen-bond donors (Lipinski definition) is 1. The fourth-order valence-corrected chi connectivity index (χ4v) is 2.80. The van der Waals surface area contributed by atoms with Crippen LogP contribution in [0.1, 0.15) is 47.9 Å². The average Bonchev–Trinajstić information content (AvgIpc) is 2.59. The molecule has 0 aromatic heterocycles. The third kappa shape index (κ3) is 4.12. The molecule has 0 bridgehead atoms. The number of ether oxygens (including phenoxy) is 1. The number of nitrogens with zero attached hydrogens (tertiary/aromatic N) is 1. The summed E-state index contributed by atoms with van der Waals surface area (Å²) in [4.78, 5) is 0. The third-order valence-corrected chi connectivity index (χ3v) is 4.18. The number of hydrogen-bond acceptors (Lipinski definition) is 3. The molecular formula is C20H24N2O. The van der Waals surface area contributed by atoms with Crippen LogP contribution in [-0.4, -0.2) is 13.7 Å². The molecule has 2 N–H and O–H groups in total. The maximum atomic E-state index is 9.06. The molecule has 2 aromatic rings. The zero-order valence-corrected chi connectivity index (χ0v) is 14.0. The van der Waals surface area contributed by atoms with Crippen molar-refractivity contribution in [3.05, 3.63) is 64.7 Å². The fraction of sp³-hybridized carbons (Fsp3) is 0.350. The van der Waals surface area contributed by atoms with Gasteiger partial charge < -0.3 is 10.5 Å². The number of nitrogens with two attached hydrogens (primary N) is 1. The van der Waals surface area contributed by atoms with Gasteiger partial charge in [-0.05, 0) is 53.8 Å². The standard InChI is InChI=1S/C20H24N2O/c1-14(2)17-7-8-20(23-3)19(11-17)18(13-22)10-15-5-4-6-16(9-15)12-21/h4-9,11,14,18H,10,13,22H2,1-3H3. The van der Waals surface area contributed by atoms with E-state index in [0.29, 0.717) is 18.0 Å². The molecule has 3 heteroatoms. The second kappa shape index (κ2) is 7.80. The summed E-state index contributed by atoms with van der Waals surface area (Å²) in [6, 6.07) is 16.2. The van der Waals surface area contributed by atoms with Crippen LogP contribution in [0.2, 0.25) is 0 Å². The minimum atomic E-state index is 0.164. The highest BCUT2D eigenvalue weighted by molar-refractivity contribution is 5.42. The molecular weight excluding hydrogens is 284 g/mol. The predicted molar refractivity (Wildman–Crippen MR) is 93.7 cm³/mol. The second-order valence-corrected chi connectivity index (χ2v) is 6.11. The molecule has 0 aliphatic rings. The smallest absolute Gasteiger partial charge is 0.122 e. The van der Waals surface area contributed by atoms with Crippen molar-refractivity contribution >= 4 is 0 Å². The van der Waals surface area contributed by atoms with E-state index in [-0.39, 0.29) is 5.92 Å². The number of benzene rings is 2. The van der Waals surface area contributed by atoms with Crippen LogP contribution < -0.4 is 10.5 Å². The largest absolute Gasteiger partial charge is 0.496 e. The maximum absolute atomic E-state index is 9.06. The van der Waals surface area contributed by atoms with Crippen LogP contribution in [0, 0.1) is 11.3 Å². The van der Waals surface area contributed by atoms with E-state index < -0.39 is 0 Å². The first-order valence-electron chi connectivity index (χ1n) is 7.96. The Morgan fingerprint density at radius 1 is 1.17 bits per heavy atom. The lowest BCUT2D eigenvalue weighted by Crippen LogP contribution is -2.16. The molecule has 3 nitrogen and oxygen atoms in total. The van der Waals surface area contributed by atoms with Crippen molar-refractivity contribution in [1.82, 2.24) is 0 Å². The van der Waals surface area contributed by atoms with E-state index >= 15 is 0 Å². The minimum Gasteiger partial charge on any atom is -0.496 e. The number of nitriles is 1. The van der Waals surface area contributed by atoms with Crippen molar-refractivity contribution in [3.8, 4) is 11.8 Å². The number of methoxy groups -OCH3 is 1. The first-order chi connectivity index (χ1) is 11.1. The van der Waals surface area contributed by atoms with Gasteiger partial charge in [-0.1, -0.05) is 38.1 Å². The summed E-state index contributed by atoms with van der Waals surface area (Å²) in [5, 5.41) is 9.06. The van der Waals surface area contributed by atoms with Crippen molar-refractivity contribution in [2.24, 2.45) is 5.73 Å². The Morgan fingerprint density at radius 3 is 2.57 bits per heavy atom. The van der Waals surface area contributed by atoms with E-state index in [1.165, 1.54) is 5.56 Å². The topological polar surface area (TPSA) is 59.0 Å². The van der Waals surface area contributed by atoms with Crippen LogP contribution in [-0.2, 0) is 6.42 Å². The van der Waals surface area contributed by atoms with Crippen LogP contribution in [0.5, 0.6) is 5.75 Å². The summed E-state index contributed by atoms with van der Waals surface area (Å²) in [5.41, 5.74) is 10.3. The molecule has 2 rings (SSSR count). The normalized spacial score (nSPS) is 12.0. The molecule has 0 aliphatic heterocycles. The van der Waals surface area contributed by atoms with Crippen LogP contribution >= 0.6 is 0 Å². The van der Waals surface area contributed by atoms with Crippen molar-refractivity contribution in [1.29, 1.82) is 5.26 Å². The molecule has 0 fully saturated rings. The Balaban J connectivity index is 2.36. The Morgan fingerprint density at radius 2 is 1.96 bits per heavy atom. The van der Waals surface area contributed by atoms with Crippen LogP contribution in [0.4, 0.5) is 0 Å². The molecule has 0 saturated heterocycles. The monoisotopic (exact) mass is 308 g/mol. The van der Waals surface area contributed by atoms with Gasteiger partial charge in [0.1, 0.15) is 5.75 Å². The molecule has 0 saturated carbocycles. The Bertz CT molecular complexity index is 701. The van der Waals surface area contributed by atoms with Crippen LogP contribution in [0.3, 0.4) is 0 Å². The molecule has 120 valence electrons. The maximum Gasteiger partial charge on any atom is 0.122 e. The van der Waals surface area contributed by atoms with E-state index in [2.05, 4.69) is 32.0 Å². The van der Waals surface area contributed by atoms with Gasteiger partial charge in [0, 0.05) is 5.92 Å². The lowest BCUT2D eigenvalue weighted by Gasteiger charge is -2.20. The summed E-state index contributed by atoms with van der Waals surface area (Å²) in [7, 11) is 1.69. The fourth-order valence-electron chi connectivity index (χ4n) is 2.80. The molecule has 0 heterocycles. The molecule has 0 amide bonds. The summed E-state index contributed by atoms with van der Waals surface area (Å²) in [5.74, 6) is 1.50. The van der Waals surface area contributed by atoms with Crippen molar-refractivity contribution in [3.63, 3.8) is 0 Å². The predicted octanol–water partition coefficient (Wildman–Crippen LogP) is 3.98. The van der Waals surface area contributed by atoms with Gasteiger partial charge in [0.2, 0.25) is 0 Å². The first kappa shape index (κ1) is 17.1. The highest BCUT2D eigenvalue weighted by Crippen LogP contribution is 2.32. The molecule has 0 aliphatic carbocycles. The zero-order chi connectivity index (χ0) is 16.8. The van der Waals surface area contributed by atoms with Gasteiger partial charge in [-0.3, -0.25) is 0 Å². The van der Waals surface area contributed by atoms with Gasteiger partial charge in [-0.25, -0.2) is 0 Å². The van der Waals surface area contributed by atoms with Crippen molar-refractivity contribution in [2.45, 2.75) is 32.1 Å². The highest BCUT2D eigenvalue weighted by Gasteiger charge is 2.17. The van der Waals surface area contributed by atoms with E-state index in [1.807, 2.05) is 30.3 Å². The highest BCUT2D eigenvalue weighted by atomic mass is 16.5. The number of rotatable bonds is 6. The SMILES string of the molecule is COc1ccc(C(C)C)cc1C(CN)Cc1cccc(C#N)c1.